The number of hydrogen-bond acceptors (Lipinski definition) is 1. The quantitative estimate of drug-likeness (QED) is 0.676. The number of carboxylic acid groups (broad SMARTS) is 1. The Morgan fingerprint density at radius 2 is 2.14 bits per heavy atom. The Morgan fingerprint density at radius 1 is 1.29 bits per heavy atom. The van der Waals surface area contributed by atoms with E-state index in [1.54, 1.807) is 0 Å². The summed E-state index contributed by atoms with van der Waals surface area (Å²) in [6.45, 7) is 0. The van der Waals surface area contributed by atoms with E-state index >= 15 is 0 Å². The second-order valence-corrected chi connectivity index (χ2v) is 3.71. The van der Waals surface area contributed by atoms with Crippen LogP contribution in [0.3, 0.4) is 0 Å². The molecule has 0 heterocycles. The summed E-state index contributed by atoms with van der Waals surface area (Å²) in [7, 11) is 0. The molecule has 1 unspecified atom stereocenters. The maximum absolute atomic E-state index is 10.9. The van der Waals surface area contributed by atoms with Crippen LogP contribution in [0.25, 0.3) is 0 Å². The smallest absolute Gasteiger partial charge is 0.336 e. The zero-order chi connectivity index (χ0) is 9.76. The Kier molecular flexibility index (Phi) is 1.16. The van der Waals surface area contributed by atoms with E-state index in [1.165, 1.54) is 5.57 Å². The zero-order valence-corrected chi connectivity index (χ0v) is 7.40. The summed E-state index contributed by atoms with van der Waals surface area (Å²) in [4.78, 5) is 10.9. The third kappa shape index (κ3) is 0.732. The number of carbonyl (C=O) groups is 1. The van der Waals surface area contributed by atoms with Gasteiger partial charge in [0.25, 0.3) is 0 Å². The summed E-state index contributed by atoms with van der Waals surface area (Å²) in [5.41, 5.74) is 2.18. The molecule has 14 heavy (non-hydrogen) atoms. The van der Waals surface area contributed by atoms with E-state index in [0.717, 1.165) is 5.57 Å². The third-order valence-corrected chi connectivity index (χ3v) is 2.89. The largest absolute Gasteiger partial charge is 0.478 e. The van der Waals surface area contributed by atoms with E-state index in [0.29, 0.717) is 5.57 Å². The van der Waals surface area contributed by atoms with Crippen molar-refractivity contribution in [3.8, 4) is 0 Å². The Morgan fingerprint density at radius 3 is 2.93 bits per heavy atom. The molecule has 0 radical (unpaired) electrons. The van der Waals surface area contributed by atoms with Gasteiger partial charge in [-0.05, 0) is 17.2 Å². The monoisotopic (exact) mass is 184 g/mol. The number of carboxylic acids is 1. The van der Waals surface area contributed by atoms with Crippen molar-refractivity contribution in [3.63, 3.8) is 0 Å². The van der Waals surface area contributed by atoms with E-state index in [1.807, 2.05) is 42.5 Å². The molecule has 0 saturated carbocycles. The lowest BCUT2D eigenvalue weighted by Crippen LogP contribution is -2.14. The molecule has 0 aromatic rings. The Balaban J connectivity index is 2.16. The lowest BCUT2D eigenvalue weighted by molar-refractivity contribution is -0.132. The van der Waals surface area contributed by atoms with Crippen molar-refractivity contribution in [1.29, 1.82) is 0 Å². The van der Waals surface area contributed by atoms with Gasteiger partial charge in [-0.3, -0.25) is 0 Å². The number of hydrogen-bond donors (Lipinski definition) is 1. The normalized spacial score (nSPS) is 31.0. The van der Waals surface area contributed by atoms with Crippen molar-refractivity contribution < 1.29 is 9.90 Å². The molecular weight excluding hydrogens is 176 g/mol. The van der Waals surface area contributed by atoms with Gasteiger partial charge in [0.05, 0.1) is 11.0 Å². The highest BCUT2D eigenvalue weighted by Crippen LogP contribution is 2.49. The summed E-state index contributed by atoms with van der Waals surface area (Å²) < 4.78 is 0. The summed E-state index contributed by atoms with van der Waals surface area (Å²) >= 11 is 0. The predicted octanol–water partition coefficient (Wildman–Crippen LogP) is 1.99. The maximum Gasteiger partial charge on any atom is 0.336 e. The minimum absolute atomic E-state index is 0.252. The van der Waals surface area contributed by atoms with E-state index in [4.69, 9.17) is 5.11 Å². The molecule has 0 fully saturated rings. The Bertz CT molecular complexity index is 486. The standard InChI is InChI=1S/C12H8O2/c13-11(14)10-7-12-4-2-1-3-9(12)5-8(10)6-12/h1-7H,(H,13,14). The minimum Gasteiger partial charge on any atom is -0.478 e. The Labute approximate surface area is 81.2 Å². The van der Waals surface area contributed by atoms with Gasteiger partial charge in [-0.15, -0.1) is 0 Å². The average Bonchev–Trinajstić information content (AvgIpc) is 2.69. The van der Waals surface area contributed by atoms with Crippen LogP contribution in [-0.4, -0.2) is 11.1 Å². The van der Waals surface area contributed by atoms with Crippen LogP contribution < -0.4 is 0 Å². The molecule has 1 N–H and O–H groups in total. The lowest BCUT2D eigenvalue weighted by atomic mass is 9.79. The minimum atomic E-state index is -0.841. The predicted molar refractivity (Wildman–Crippen MR) is 52.6 cm³/mol. The van der Waals surface area contributed by atoms with Crippen molar-refractivity contribution in [2.24, 2.45) is 5.41 Å². The first-order chi connectivity index (χ1) is 6.71. The van der Waals surface area contributed by atoms with E-state index in [2.05, 4.69) is 0 Å². The lowest BCUT2D eigenvalue weighted by Gasteiger charge is -2.23. The molecule has 2 nitrogen and oxygen atoms in total. The fourth-order valence-electron chi connectivity index (χ4n) is 2.22. The zero-order valence-electron chi connectivity index (χ0n) is 7.40. The van der Waals surface area contributed by atoms with Gasteiger partial charge in [0.2, 0.25) is 0 Å². The first-order valence-electron chi connectivity index (χ1n) is 4.49. The van der Waals surface area contributed by atoms with Crippen LogP contribution in [0, 0.1) is 5.41 Å². The number of rotatable bonds is 1. The van der Waals surface area contributed by atoms with E-state index in [9.17, 15) is 4.79 Å². The van der Waals surface area contributed by atoms with Crippen LogP contribution in [0.4, 0.5) is 0 Å². The third-order valence-electron chi connectivity index (χ3n) is 2.89. The van der Waals surface area contributed by atoms with Crippen LogP contribution in [-0.2, 0) is 4.79 Å². The summed E-state index contributed by atoms with van der Waals surface area (Å²) in [5.74, 6) is -0.841. The molecule has 2 bridgehead atoms. The topological polar surface area (TPSA) is 37.3 Å². The van der Waals surface area contributed by atoms with Crippen LogP contribution in [0.15, 0.2) is 59.3 Å². The van der Waals surface area contributed by atoms with Crippen molar-refractivity contribution in [3.05, 3.63) is 59.3 Å². The molecule has 0 aromatic heterocycles. The van der Waals surface area contributed by atoms with Crippen LogP contribution in [0.1, 0.15) is 0 Å². The fourth-order valence-corrected chi connectivity index (χ4v) is 2.22. The molecule has 0 saturated heterocycles. The highest BCUT2D eigenvalue weighted by molar-refractivity contribution is 5.96. The first-order valence-corrected chi connectivity index (χ1v) is 4.49. The second kappa shape index (κ2) is 2.15. The highest BCUT2D eigenvalue weighted by Gasteiger charge is 2.39. The molecule has 0 aliphatic heterocycles. The molecular formula is C12H8O2. The average molecular weight is 184 g/mol. The SMILES string of the molecule is O=C(O)C1=CC23C=CC=CC2=CC1=C3. The molecule has 3 aliphatic rings. The molecule has 3 rings (SSSR count). The van der Waals surface area contributed by atoms with Crippen LogP contribution in [0.5, 0.6) is 0 Å². The van der Waals surface area contributed by atoms with Crippen LogP contribution >= 0.6 is 0 Å². The van der Waals surface area contributed by atoms with Gasteiger partial charge in [-0.2, -0.15) is 0 Å². The van der Waals surface area contributed by atoms with Gasteiger partial charge in [0, 0.05) is 0 Å². The molecule has 1 spiro atoms. The number of aliphatic carboxylic acids is 1. The summed E-state index contributed by atoms with van der Waals surface area (Å²) in [6, 6.07) is 0. The fraction of sp³-hybridized carbons (Fsp3) is 0.0833. The first kappa shape index (κ1) is 7.56. The van der Waals surface area contributed by atoms with Gasteiger partial charge in [-0.25, -0.2) is 4.79 Å². The van der Waals surface area contributed by atoms with E-state index < -0.39 is 5.97 Å². The number of allylic oxidation sites excluding steroid dienone is 8. The van der Waals surface area contributed by atoms with Crippen LogP contribution in [0.2, 0.25) is 0 Å². The van der Waals surface area contributed by atoms with Gasteiger partial charge in [-0.1, -0.05) is 36.5 Å². The summed E-state index contributed by atoms with van der Waals surface area (Å²) in [5, 5.41) is 8.94. The van der Waals surface area contributed by atoms with Crippen molar-refractivity contribution >= 4 is 5.97 Å². The molecule has 0 amide bonds. The molecule has 1 atom stereocenters. The highest BCUT2D eigenvalue weighted by atomic mass is 16.4. The molecule has 68 valence electrons. The summed E-state index contributed by atoms with van der Waals surface area (Å²) in [6.07, 6.45) is 13.8. The van der Waals surface area contributed by atoms with Gasteiger partial charge in [0.1, 0.15) is 0 Å². The molecule has 2 heteroatoms. The van der Waals surface area contributed by atoms with Gasteiger partial charge < -0.3 is 5.11 Å². The van der Waals surface area contributed by atoms with E-state index in [-0.39, 0.29) is 5.41 Å². The Hall–Kier alpha value is -1.83. The van der Waals surface area contributed by atoms with Gasteiger partial charge in [0.15, 0.2) is 0 Å². The van der Waals surface area contributed by atoms with Crippen molar-refractivity contribution in [1.82, 2.24) is 0 Å². The maximum atomic E-state index is 10.9. The molecule has 0 aromatic carbocycles. The van der Waals surface area contributed by atoms with Crippen molar-refractivity contribution in [2.75, 3.05) is 0 Å². The molecule has 3 aliphatic carbocycles. The van der Waals surface area contributed by atoms with Crippen molar-refractivity contribution in [2.45, 2.75) is 0 Å². The second-order valence-electron chi connectivity index (χ2n) is 3.71. The van der Waals surface area contributed by atoms with Gasteiger partial charge >= 0.3 is 5.97 Å².